The molecule has 0 aromatic heterocycles. The third kappa shape index (κ3) is 2.21. The lowest BCUT2D eigenvalue weighted by atomic mass is 9.46. The topological polar surface area (TPSA) is 79.3 Å². The highest BCUT2D eigenvalue weighted by atomic mass is 16.6. The van der Waals surface area contributed by atoms with Crippen molar-refractivity contribution in [2.75, 3.05) is 6.61 Å². The van der Waals surface area contributed by atoms with Crippen molar-refractivity contribution in [2.45, 2.75) is 89.6 Å². The normalized spacial score (nSPS) is 52.5. The molecule has 1 saturated heterocycles. The van der Waals surface area contributed by atoms with Gasteiger partial charge in [0.25, 0.3) is 0 Å². The average molecular weight is 391 g/mol. The van der Waals surface area contributed by atoms with Gasteiger partial charge in [0.2, 0.25) is 0 Å². The van der Waals surface area contributed by atoms with Crippen molar-refractivity contribution < 1.29 is 24.5 Å². The number of carbonyl (C=O) groups excluding carboxylic acids is 1. The molecule has 5 rings (SSSR count). The number of fused-ring (bicyclic) bond motifs is 7. The Labute approximate surface area is 167 Å². The highest BCUT2D eigenvalue weighted by Gasteiger charge is 2.80. The predicted molar refractivity (Wildman–Crippen MR) is 103 cm³/mol. The van der Waals surface area contributed by atoms with Gasteiger partial charge in [0.15, 0.2) is 0 Å². The van der Waals surface area contributed by atoms with E-state index in [9.17, 15) is 15.0 Å². The number of rotatable bonds is 3. The molecule has 0 spiro atoms. The van der Waals surface area contributed by atoms with Crippen molar-refractivity contribution in [1.82, 2.24) is 0 Å². The van der Waals surface area contributed by atoms with Crippen molar-refractivity contribution >= 4 is 5.97 Å². The number of hydrogen-bond donors (Lipinski definition) is 2. The molecule has 1 aliphatic heterocycles. The molecule has 2 N–H and O–H groups in total. The molecule has 0 unspecified atom stereocenters. The van der Waals surface area contributed by atoms with Crippen LogP contribution in [-0.4, -0.2) is 46.7 Å². The third-order valence-electron chi connectivity index (χ3n) is 9.51. The molecule has 0 aromatic rings. The molecule has 0 aromatic carbocycles. The van der Waals surface area contributed by atoms with E-state index < -0.39 is 11.7 Å². The summed E-state index contributed by atoms with van der Waals surface area (Å²) >= 11 is 0. The Kier molecular flexibility index (Phi) is 4.12. The SMILES string of the molecule is CC(=O)O[C@H]1CC[C@@]2(C)C(=CC[C@H]3[C@H]4C[C@H]5O[C@@]5([C@H](C)O)[C@@]4(CO)CC[C@@H]32)C1. The van der Waals surface area contributed by atoms with Crippen molar-refractivity contribution in [1.29, 1.82) is 0 Å². The number of epoxide rings is 1. The van der Waals surface area contributed by atoms with Crippen LogP contribution >= 0.6 is 0 Å². The number of carbonyl (C=O) groups is 1. The lowest BCUT2D eigenvalue weighted by Crippen LogP contribution is -2.57. The average Bonchev–Trinajstić information content (AvgIpc) is 3.31. The van der Waals surface area contributed by atoms with E-state index in [-0.39, 0.29) is 35.6 Å². The molecule has 156 valence electrons. The van der Waals surface area contributed by atoms with Gasteiger partial charge in [0.1, 0.15) is 11.7 Å². The van der Waals surface area contributed by atoms with Gasteiger partial charge in [-0.15, -0.1) is 0 Å². The molecule has 9 atom stereocenters. The molecule has 5 heteroatoms. The Morgan fingerprint density at radius 2 is 2.14 bits per heavy atom. The van der Waals surface area contributed by atoms with Crippen molar-refractivity contribution in [3.05, 3.63) is 11.6 Å². The quantitative estimate of drug-likeness (QED) is 0.440. The smallest absolute Gasteiger partial charge is 0.302 e. The first-order chi connectivity index (χ1) is 13.3. The summed E-state index contributed by atoms with van der Waals surface area (Å²) < 4.78 is 11.6. The van der Waals surface area contributed by atoms with Crippen LogP contribution in [0.2, 0.25) is 0 Å². The van der Waals surface area contributed by atoms with Gasteiger partial charge in [-0.3, -0.25) is 4.79 Å². The standard InChI is InChI=1S/C23H34O5/c1-13(25)23-20(28-23)11-19-17-5-4-15-10-16(27-14(2)26)6-8-21(15,3)18(17)7-9-22(19,23)12-24/h4,13,16-20,24-25H,5-12H2,1-3H3/t13-,16-,17+,18-,19+,20+,21-,22+,23+/m0/s1. The molecular weight excluding hydrogens is 356 g/mol. The molecule has 0 bridgehead atoms. The van der Waals surface area contributed by atoms with Gasteiger partial charge in [0, 0.05) is 18.8 Å². The fraction of sp³-hybridized carbons (Fsp3) is 0.870. The number of aliphatic hydroxyl groups is 2. The van der Waals surface area contributed by atoms with Gasteiger partial charge in [0.05, 0.1) is 18.8 Å². The summed E-state index contributed by atoms with van der Waals surface area (Å²) in [6.45, 7) is 5.87. The second-order valence-electron chi connectivity index (χ2n) is 10.4. The third-order valence-corrected chi connectivity index (χ3v) is 9.51. The maximum absolute atomic E-state index is 11.4. The highest BCUT2D eigenvalue weighted by Crippen LogP contribution is 2.73. The van der Waals surface area contributed by atoms with Gasteiger partial charge in [-0.1, -0.05) is 18.6 Å². The van der Waals surface area contributed by atoms with E-state index in [1.165, 1.54) is 12.5 Å². The number of allylic oxidation sites excluding steroid dienone is 1. The molecule has 5 aliphatic rings. The summed E-state index contributed by atoms with van der Waals surface area (Å²) in [5.41, 5.74) is 0.846. The van der Waals surface area contributed by atoms with Gasteiger partial charge >= 0.3 is 5.97 Å². The van der Waals surface area contributed by atoms with Gasteiger partial charge in [-0.25, -0.2) is 0 Å². The molecule has 3 saturated carbocycles. The Morgan fingerprint density at radius 3 is 2.82 bits per heavy atom. The maximum Gasteiger partial charge on any atom is 0.302 e. The first kappa shape index (κ1) is 19.1. The maximum atomic E-state index is 11.4. The summed E-state index contributed by atoms with van der Waals surface area (Å²) in [6, 6.07) is 0. The zero-order valence-electron chi connectivity index (χ0n) is 17.3. The van der Waals surface area contributed by atoms with Crippen LogP contribution in [0, 0.1) is 28.6 Å². The minimum Gasteiger partial charge on any atom is -0.462 e. The summed E-state index contributed by atoms with van der Waals surface area (Å²) in [5.74, 6) is 1.40. The minimum absolute atomic E-state index is 0.0273. The van der Waals surface area contributed by atoms with Crippen molar-refractivity contribution in [3.63, 3.8) is 0 Å². The molecule has 0 amide bonds. The van der Waals surface area contributed by atoms with Crippen LogP contribution in [-0.2, 0) is 14.3 Å². The molecular formula is C23H34O5. The molecule has 5 nitrogen and oxygen atoms in total. The van der Waals surface area contributed by atoms with E-state index in [4.69, 9.17) is 9.47 Å². The van der Waals surface area contributed by atoms with Crippen LogP contribution in [0.1, 0.15) is 65.7 Å². The monoisotopic (exact) mass is 390 g/mol. The second-order valence-corrected chi connectivity index (χ2v) is 10.4. The van der Waals surface area contributed by atoms with Crippen molar-refractivity contribution in [3.8, 4) is 0 Å². The molecule has 4 aliphatic carbocycles. The Bertz CT molecular complexity index is 716. The van der Waals surface area contributed by atoms with Crippen molar-refractivity contribution in [2.24, 2.45) is 28.6 Å². The predicted octanol–water partition coefficient (Wildman–Crippen LogP) is 2.98. The zero-order valence-corrected chi connectivity index (χ0v) is 17.3. The fourth-order valence-electron chi connectivity index (χ4n) is 8.26. The van der Waals surface area contributed by atoms with Crippen LogP contribution < -0.4 is 0 Å². The number of hydrogen-bond acceptors (Lipinski definition) is 5. The number of esters is 1. The Hall–Kier alpha value is -0.910. The number of aliphatic hydroxyl groups excluding tert-OH is 2. The molecule has 0 radical (unpaired) electrons. The van der Waals surface area contributed by atoms with E-state index >= 15 is 0 Å². The Balaban J connectivity index is 1.44. The highest BCUT2D eigenvalue weighted by molar-refractivity contribution is 5.66. The van der Waals surface area contributed by atoms with E-state index in [1.807, 2.05) is 6.92 Å². The van der Waals surface area contributed by atoms with Gasteiger partial charge in [-0.05, 0) is 68.6 Å². The Morgan fingerprint density at radius 1 is 1.36 bits per heavy atom. The van der Waals surface area contributed by atoms with Crippen LogP contribution in [0.15, 0.2) is 11.6 Å². The van der Waals surface area contributed by atoms with Gasteiger partial charge < -0.3 is 19.7 Å². The fourth-order valence-corrected chi connectivity index (χ4v) is 8.26. The lowest BCUT2D eigenvalue weighted by Gasteiger charge is -2.59. The largest absolute Gasteiger partial charge is 0.462 e. The van der Waals surface area contributed by atoms with Gasteiger partial charge in [-0.2, -0.15) is 0 Å². The summed E-state index contributed by atoms with van der Waals surface area (Å²) in [4.78, 5) is 11.4. The first-order valence-corrected chi connectivity index (χ1v) is 11.1. The van der Waals surface area contributed by atoms with E-state index in [0.29, 0.717) is 17.8 Å². The summed E-state index contributed by atoms with van der Waals surface area (Å²) in [5, 5.41) is 21.0. The minimum atomic E-state index is -0.532. The molecule has 4 fully saturated rings. The van der Waals surface area contributed by atoms with E-state index in [0.717, 1.165) is 44.9 Å². The van der Waals surface area contributed by atoms with E-state index in [2.05, 4.69) is 13.0 Å². The van der Waals surface area contributed by atoms with Crippen LogP contribution in [0.25, 0.3) is 0 Å². The second kappa shape index (κ2) is 6.05. The summed E-state index contributed by atoms with van der Waals surface area (Å²) in [6.07, 6.45) is 8.94. The number of ether oxygens (including phenoxy) is 2. The molecule has 28 heavy (non-hydrogen) atoms. The summed E-state index contributed by atoms with van der Waals surface area (Å²) in [7, 11) is 0. The van der Waals surface area contributed by atoms with Crippen LogP contribution in [0.5, 0.6) is 0 Å². The van der Waals surface area contributed by atoms with E-state index in [1.54, 1.807) is 0 Å². The first-order valence-electron chi connectivity index (χ1n) is 11.1. The zero-order chi connectivity index (χ0) is 19.9. The molecule has 1 heterocycles. The van der Waals surface area contributed by atoms with Crippen LogP contribution in [0.3, 0.4) is 0 Å². The van der Waals surface area contributed by atoms with Crippen LogP contribution in [0.4, 0.5) is 0 Å². The lowest BCUT2D eigenvalue weighted by molar-refractivity contribution is -0.151.